The van der Waals surface area contributed by atoms with Crippen molar-refractivity contribution in [3.63, 3.8) is 0 Å². The van der Waals surface area contributed by atoms with E-state index in [4.69, 9.17) is 0 Å². The summed E-state index contributed by atoms with van der Waals surface area (Å²) < 4.78 is 1.71. The SMILES string of the molecule is C[C@H](NC(=O)NCCCc1ccc(O)cc1)c1cnn(C)c1. The number of carbonyl (C=O) groups is 1. The lowest BCUT2D eigenvalue weighted by molar-refractivity contribution is 0.238. The van der Waals surface area contributed by atoms with Crippen LogP contribution in [0.25, 0.3) is 0 Å². The lowest BCUT2D eigenvalue weighted by atomic mass is 10.1. The largest absolute Gasteiger partial charge is 0.508 e. The number of nitrogens with zero attached hydrogens (tertiary/aromatic N) is 2. The van der Waals surface area contributed by atoms with Crippen molar-refractivity contribution >= 4 is 6.03 Å². The number of phenolic OH excluding ortho intramolecular Hbond substituents is 1. The van der Waals surface area contributed by atoms with E-state index in [1.165, 1.54) is 0 Å². The first-order chi connectivity index (χ1) is 10.5. The van der Waals surface area contributed by atoms with E-state index >= 15 is 0 Å². The van der Waals surface area contributed by atoms with E-state index in [0.717, 1.165) is 24.0 Å². The normalized spacial score (nSPS) is 11.9. The fraction of sp³-hybridized carbons (Fsp3) is 0.375. The molecule has 0 radical (unpaired) electrons. The lowest BCUT2D eigenvalue weighted by Gasteiger charge is -2.13. The number of amides is 2. The van der Waals surface area contributed by atoms with Gasteiger partial charge in [-0.1, -0.05) is 12.1 Å². The molecule has 0 aliphatic rings. The molecule has 6 nitrogen and oxygen atoms in total. The lowest BCUT2D eigenvalue weighted by Crippen LogP contribution is -2.37. The van der Waals surface area contributed by atoms with Crippen molar-refractivity contribution in [2.24, 2.45) is 7.05 Å². The summed E-state index contributed by atoms with van der Waals surface area (Å²) >= 11 is 0. The zero-order chi connectivity index (χ0) is 15.9. The molecular weight excluding hydrogens is 280 g/mol. The van der Waals surface area contributed by atoms with Crippen molar-refractivity contribution in [3.8, 4) is 5.75 Å². The number of hydrogen-bond acceptors (Lipinski definition) is 3. The summed E-state index contributed by atoms with van der Waals surface area (Å²) in [6.45, 7) is 2.53. The van der Waals surface area contributed by atoms with Crippen LogP contribution >= 0.6 is 0 Å². The van der Waals surface area contributed by atoms with E-state index in [0.29, 0.717) is 6.54 Å². The topological polar surface area (TPSA) is 79.2 Å². The van der Waals surface area contributed by atoms with Crippen LogP contribution in [-0.2, 0) is 13.5 Å². The number of aryl methyl sites for hydroxylation is 2. The van der Waals surface area contributed by atoms with E-state index in [-0.39, 0.29) is 17.8 Å². The Balaban J connectivity index is 1.66. The van der Waals surface area contributed by atoms with E-state index in [2.05, 4.69) is 15.7 Å². The van der Waals surface area contributed by atoms with Crippen LogP contribution in [0.4, 0.5) is 4.79 Å². The second-order valence-corrected chi connectivity index (χ2v) is 5.34. The van der Waals surface area contributed by atoms with Crippen molar-refractivity contribution in [1.29, 1.82) is 0 Å². The average molecular weight is 302 g/mol. The molecule has 118 valence electrons. The summed E-state index contributed by atoms with van der Waals surface area (Å²) in [5.74, 6) is 0.269. The molecular formula is C16H22N4O2. The van der Waals surface area contributed by atoms with Crippen molar-refractivity contribution in [2.45, 2.75) is 25.8 Å². The molecule has 1 aromatic carbocycles. The Morgan fingerprint density at radius 1 is 1.36 bits per heavy atom. The molecule has 2 aromatic rings. The average Bonchev–Trinajstić information content (AvgIpc) is 2.92. The monoisotopic (exact) mass is 302 g/mol. The van der Waals surface area contributed by atoms with Crippen molar-refractivity contribution in [3.05, 3.63) is 47.8 Å². The molecule has 0 aliphatic carbocycles. The van der Waals surface area contributed by atoms with Crippen LogP contribution < -0.4 is 10.6 Å². The molecule has 0 unspecified atom stereocenters. The Morgan fingerprint density at radius 2 is 2.09 bits per heavy atom. The molecule has 6 heteroatoms. The van der Waals surface area contributed by atoms with Crippen LogP contribution in [0.5, 0.6) is 5.75 Å². The van der Waals surface area contributed by atoms with Gasteiger partial charge in [-0.15, -0.1) is 0 Å². The molecule has 0 spiro atoms. The molecule has 1 atom stereocenters. The molecule has 1 heterocycles. The molecule has 0 fully saturated rings. The number of hydrogen-bond donors (Lipinski definition) is 3. The third-order valence-electron chi connectivity index (χ3n) is 3.44. The highest BCUT2D eigenvalue weighted by Gasteiger charge is 2.10. The molecule has 22 heavy (non-hydrogen) atoms. The van der Waals surface area contributed by atoms with Crippen molar-refractivity contribution < 1.29 is 9.90 Å². The van der Waals surface area contributed by atoms with Crippen LogP contribution in [0, 0.1) is 0 Å². The molecule has 3 N–H and O–H groups in total. The van der Waals surface area contributed by atoms with Crippen LogP contribution in [0.1, 0.15) is 30.5 Å². The molecule has 0 saturated heterocycles. The summed E-state index contributed by atoms with van der Waals surface area (Å²) in [7, 11) is 1.85. The van der Waals surface area contributed by atoms with Gasteiger partial charge in [-0.2, -0.15) is 5.10 Å². The highest BCUT2D eigenvalue weighted by atomic mass is 16.3. The predicted octanol–water partition coefficient (Wildman–Crippen LogP) is 2.12. The van der Waals surface area contributed by atoms with E-state index in [1.807, 2.05) is 32.3 Å². The maximum atomic E-state index is 11.8. The number of benzene rings is 1. The van der Waals surface area contributed by atoms with Crippen molar-refractivity contribution in [2.75, 3.05) is 6.54 Å². The smallest absolute Gasteiger partial charge is 0.315 e. The third kappa shape index (κ3) is 4.80. The molecule has 2 amide bonds. The Labute approximate surface area is 130 Å². The minimum atomic E-state index is -0.179. The van der Waals surface area contributed by atoms with E-state index in [9.17, 15) is 9.90 Å². The maximum absolute atomic E-state index is 11.8. The van der Waals surface area contributed by atoms with Gasteiger partial charge in [0.1, 0.15) is 5.75 Å². The van der Waals surface area contributed by atoms with Gasteiger partial charge in [0, 0.05) is 25.4 Å². The van der Waals surface area contributed by atoms with Gasteiger partial charge in [0.15, 0.2) is 0 Å². The summed E-state index contributed by atoms with van der Waals surface area (Å²) in [6, 6.07) is 6.86. The number of phenols is 1. The summed E-state index contributed by atoms with van der Waals surface area (Å²) in [4.78, 5) is 11.8. The van der Waals surface area contributed by atoms with Gasteiger partial charge in [-0.25, -0.2) is 4.79 Å². The first-order valence-corrected chi connectivity index (χ1v) is 7.35. The van der Waals surface area contributed by atoms with Crippen LogP contribution in [0.2, 0.25) is 0 Å². The molecule has 0 aliphatic heterocycles. The highest BCUT2D eigenvalue weighted by Crippen LogP contribution is 2.11. The van der Waals surface area contributed by atoms with Gasteiger partial charge >= 0.3 is 6.03 Å². The molecule has 2 rings (SSSR count). The number of aromatic hydroxyl groups is 1. The van der Waals surface area contributed by atoms with Gasteiger partial charge in [0.05, 0.1) is 12.2 Å². The summed E-state index contributed by atoms with van der Waals surface area (Å²) in [6.07, 6.45) is 5.34. The van der Waals surface area contributed by atoms with E-state index in [1.54, 1.807) is 23.0 Å². The standard InChI is InChI=1S/C16H22N4O2/c1-12(14-10-18-20(2)11-14)19-16(22)17-9-3-4-13-5-7-15(21)8-6-13/h5-8,10-12,21H,3-4,9H2,1-2H3,(H2,17,19,22)/t12-/m0/s1. The fourth-order valence-corrected chi connectivity index (χ4v) is 2.15. The van der Waals surface area contributed by atoms with Crippen LogP contribution in [-0.4, -0.2) is 27.5 Å². The van der Waals surface area contributed by atoms with Gasteiger partial charge in [-0.05, 0) is 37.5 Å². The second kappa shape index (κ2) is 7.49. The van der Waals surface area contributed by atoms with Gasteiger partial charge in [0.2, 0.25) is 0 Å². The number of carbonyl (C=O) groups excluding carboxylic acids is 1. The Hall–Kier alpha value is -2.50. The maximum Gasteiger partial charge on any atom is 0.315 e. The zero-order valence-electron chi connectivity index (χ0n) is 12.9. The zero-order valence-corrected chi connectivity index (χ0v) is 12.9. The van der Waals surface area contributed by atoms with E-state index < -0.39 is 0 Å². The van der Waals surface area contributed by atoms with Crippen molar-refractivity contribution in [1.82, 2.24) is 20.4 Å². The third-order valence-corrected chi connectivity index (χ3v) is 3.44. The fourth-order valence-electron chi connectivity index (χ4n) is 2.15. The van der Waals surface area contributed by atoms with Gasteiger partial charge < -0.3 is 15.7 Å². The predicted molar refractivity (Wildman–Crippen MR) is 84.6 cm³/mol. The molecule has 0 bridgehead atoms. The van der Waals surface area contributed by atoms with Crippen LogP contribution in [0.3, 0.4) is 0 Å². The Bertz CT molecular complexity index is 607. The first-order valence-electron chi connectivity index (χ1n) is 7.35. The van der Waals surface area contributed by atoms with Gasteiger partial charge in [-0.3, -0.25) is 4.68 Å². The quantitative estimate of drug-likeness (QED) is 0.715. The Morgan fingerprint density at radius 3 is 2.73 bits per heavy atom. The second-order valence-electron chi connectivity index (χ2n) is 5.34. The number of aromatic nitrogens is 2. The Kier molecular flexibility index (Phi) is 5.41. The highest BCUT2D eigenvalue weighted by molar-refractivity contribution is 5.74. The summed E-state index contributed by atoms with van der Waals surface area (Å²) in [5.41, 5.74) is 2.12. The molecule has 1 aromatic heterocycles. The minimum absolute atomic E-state index is 0.0780. The number of nitrogens with one attached hydrogen (secondary N) is 2. The molecule has 0 saturated carbocycles. The minimum Gasteiger partial charge on any atom is -0.508 e. The summed E-state index contributed by atoms with van der Waals surface area (Å²) in [5, 5.41) is 19.0. The van der Waals surface area contributed by atoms with Gasteiger partial charge in [0.25, 0.3) is 0 Å². The van der Waals surface area contributed by atoms with Crippen LogP contribution in [0.15, 0.2) is 36.7 Å². The number of urea groups is 1. The first kappa shape index (κ1) is 15.9. The number of rotatable bonds is 6.